The van der Waals surface area contributed by atoms with Crippen molar-refractivity contribution in [3.63, 3.8) is 0 Å². The van der Waals surface area contributed by atoms with Gasteiger partial charge in [-0.3, -0.25) is 4.79 Å². The first kappa shape index (κ1) is 17.1. The van der Waals surface area contributed by atoms with E-state index in [9.17, 15) is 4.79 Å². The SMILES string of the molecule is CSc1ccc(Cc2ccccc2C(=O)c2cnoc2C2CC2)c(C)c1. The summed E-state index contributed by atoms with van der Waals surface area (Å²) in [5, 5.41) is 3.88. The molecular formula is C22H21NO2S. The van der Waals surface area contributed by atoms with E-state index in [4.69, 9.17) is 4.52 Å². The predicted molar refractivity (Wildman–Crippen MR) is 104 cm³/mol. The number of aryl methyl sites for hydroxylation is 1. The Morgan fingerprint density at radius 1 is 1.15 bits per heavy atom. The van der Waals surface area contributed by atoms with Crippen LogP contribution in [0.1, 0.15) is 57.1 Å². The lowest BCUT2D eigenvalue weighted by atomic mass is 9.92. The van der Waals surface area contributed by atoms with Gasteiger partial charge in [-0.05, 0) is 61.3 Å². The molecule has 132 valence electrons. The molecule has 1 aliphatic carbocycles. The number of carbonyl (C=O) groups excluding carboxylic acids is 1. The number of thioether (sulfide) groups is 1. The summed E-state index contributed by atoms with van der Waals surface area (Å²) >= 11 is 1.74. The molecule has 1 aromatic heterocycles. The maximum Gasteiger partial charge on any atom is 0.198 e. The second-order valence-electron chi connectivity index (χ2n) is 6.83. The van der Waals surface area contributed by atoms with E-state index in [0.717, 1.165) is 36.1 Å². The topological polar surface area (TPSA) is 43.1 Å². The molecule has 0 aliphatic heterocycles. The number of hydrogen-bond donors (Lipinski definition) is 0. The van der Waals surface area contributed by atoms with E-state index in [0.29, 0.717) is 11.5 Å². The third-order valence-corrected chi connectivity index (χ3v) is 5.71. The summed E-state index contributed by atoms with van der Waals surface area (Å²) in [6, 6.07) is 14.4. The van der Waals surface area contributed by atoms with Crippen LogP contribution in [0, 0.1) is 6.92 Å². The molecule has 3 aromatic rings. The maximum atomic E-state index is 13.2. The minimum Gasteiger partial charge on any atom is -0.360 e. The first-order chi connectivity index (χ1) is 12.7. The predicted octanol–water partition coefficient (Wildman–Crippen LogP) is 5.40. The van der Waals surface area contributed by atoms with E-state index in [1.165, 1.54) is 16.0 Å². The van der Waals surface area contributed by atoms with Crippen LogP contribution in [0.4, 0.5) is 0 Å². The fourth-order valence-electron chi connectivity index (χ4n) is 3.30. The van der Waals surface area contributed by atoms with Gasteiger partial charge in [0.1, 0.15) is 0 Å². The number of rotatable bonds is 6. The number of hydrogen-bond acceptors (Lipinski definition) is 4. The average molecular weight is 363 g/mol. The Bertz CT molecular complexity index is 956. The van der Waals surface area contributed by atoms with Gasteiger partial charge in [0.05, 0.1) is 11.8 Å². The lowest BCUT2D eigenvalue weighted by molar-refractivity contribution is 0.103. The highest BCUT2D eigenvalue weighted by atomic mass is 32.2. The van der Waals surface area contributed by atoms with Crippen LogP contribution in [0.3, 0.4) is 0 Å². The van der Waals surface area contributed by atoms with E-state index < -0.39 is 0 Å². The molecule has 0 amide bonds. The van der Waals surface area contributed by atoms with Crippen molar-refractivity contribution in [2.75, 3.05) is 6.26 Å². The molecule has 0 radical (unpaired) electrons. The summed E-state index contributed by atoms with van der Waals surface area (Å²) < 4.78 is 5.36. The highest BCUT2D eigenvalue weighted by Gasteiger charge is 2.33. The zero-order valence-electron chi connectivity index (χ0n) is 15.0. The van der Waals surface area contributed by atoms with Crippen LogP contribution in [0.15, 0.2) is 58.1 Å². The second-order valence-corrected chi connectivity index (χ2v) is 7.71. The van der Waals surface area contributed by atoms with Crippen LogP contribution >= 0.6 is 11.8 Å². The molecule has 26 heavy (non-hydrogen) atoms. The Morgan fingerprint density at radius 2 is 1.96 bits per heavy atom. The number of benzene rings is 2. The van der Waals surface area contributed by atoms with Crippen LogP contribution < -0.4 is 0 Å². The van der Waals surface area contributed by atoms with Gasteiger partial charge in [-0.25, -0.2) is 0 Å². The quantitative estimate of drug-likeness (QED) is 0.434. The van der Waals surface area contributed by atoms with Gasteiger partial charge in [0.25, 0.3) is 0 Å². The minimum atomic E-state index is 0.0159. The second kappa shape index (κ2) is 7.12. The average Bonchev–Trinajstić information content (AvgIpc) is 3.39. The van der Waals surface area contributed by atoms with E-state index in [-0.39, 0.29) is 5.78 Å². The molecule has 1 heterocycles. The number of carbonyl (C=O) groups is 1. The Kier molecular flexibility index (Phi) is 4.68. The molecule has 1 aliphatic rings. The van der Waals surface area contributed by atoms with Gasteiger partial charge in [-0.1, -0.05) is 35.5 Å². The van der Waals surface area contributed by atoms with Crippen molar-refractivity contribution in [2.24, 2.45) is 0 Å². The van der Waals surface area contributed by atoms with Gasteiger partial charge in [0.15, 0.2) is 11.5 Å². The van der Waals surface area contributed by atoms with Crippen LogP contribution in [-0.4, -0.2) is 17.2 Å². The molecule has 0 atom stereocenters. The Hall–Kier alpha value is -2.33. The minimum absolute atomic E-state index is 0.0159. The van der Waals surface area contributed by atoms with Crippen LogP contribution in [0.2, 0.25) is 0 Å². The summed E-state index contributed by atoms with van der Waals surface area (Å²) in [4.78, 5) is 14.4. The van der Waals surface area contributed by atoms with Crippen molar-refractivity contribution in [2.45, 2.75) is 37.0 Å². The van der Waals surface area contributed by atoms with Gasteiger partial charge in [-0.2, -0.15) is 0 Å². The first-order valence-corrected chi connectivity index (χ1v) is 10.1. The largest absolute Gasteiger partial charge is 0.360 e. The third-order valence-electron chi connectivity index (χ3n) is 4.98. The summed E-state index contributed by atoms with van der Waals surface area (Å²) in [7, 11) is 0. The van der Waals surface area contributed by atoms with Crippen LogP contribution in [0.25, 0.3) is 0 Å². The fraction of sp³-hybridized carbons (Fsp3) is 0.273. The first-order valence-electron chi connectivity index (χ1n) is 8.88. The van der Waals surface area contributed by atoms with Crippen LogP contribution in [-0.2, 0) is 6.42 Å². The summed E-state index contributed by atoms with van der Waals surface area (Å²) in [6.07, 6.45) is 6.56. The van der Waals surface area contributed by atoms with Crippen molar-refractivity contribution in [3.8, 4) is 0 Å². The molecule has 4 rings (SSSR count). The molecule has 1 fully saturated rings. The Morgan fingerprint density at radius 3 is 2.69 bits per heavy atom. The summed E-state index contributed by atoms with van der Waals surface area (Å²) in [6.45, 7) is 2.13. The van der Waals surface area contributed by atoms with E-state index in [2.05, 4.69) is 36.5 Å². The number of ketones is 1. The molecule has 0 spiro atoms. The van der Waals surface area contributed by atoms with Gasteiger partial charge < -0.3 is 4.52 Å². The molecule has 0 bridgehead atoms. The number of aromatic nitrogens is 1. The molecule has 2 aromatic carbocycles. The van der Waals surface area contributed by atoms with Crippen molar-refractivity contribution in [1.82, 2.24) is 5.16 Å². The zero-order valence-corrected chi connectivity index (χ0v) is 15.8. The van der Waals surface area contributed by atoms with E-state index >= 15 is 0 Å². The molecule has 1 saturated carbocycles. The van der Waals surface area contributed by atoms with E-state index in [1.54, 1.807) is 18.0 Å². The lowest BCUT2D eigenvalue weighted by Crippen LogP contribution is -2.07. The summed E-state index contributed by atoms with van der Waals surface area (Å²) in [5.41, 5.74) is 4.90. The van der Waals surface area contributed by atoms with E-state index in [1.807, 2.05) is 24.3 Å². The highest BCUT2D eigenvalue weighted by Crippen LogP contribution is 2.42. The Labute approximate surface area is 157 Å². The standard InChI is InChI=1S/C22H21NO2S/c1-14-11-18(26-2)10-9-16(14)12-17-5-3-4-6-19(17)21(24)20-13-23-25-22(20)15-7-8-15/h3-6,9-11,13,15H,7-8,12H2,1-2H3. The normalized spacial score (nSPS) is 13.8. The van der Waals surface area contributed by atoms with Crippen molar-refractivity contribution >= 4 is 17.5 Å². The van der Waals surface area contributed by atoms with Gasteiger partial charge in [0, 0.05) is 16.4 Å². The molecule has 0 unspecified atom stereocenters. The van der Waals surface area contributed by atoms with Gasteiger partial charge >= 0.3 is 0 Å². The number of nitrogens with zero attached hydrogens (tertiary/aromatic N) is 1. The monoisotopic (exact) mass is 363 g/mol. The van der Waals surface area contributed by atoms with Gasteiger partial charge in [-0.15, -0.1) is 11.8 Å². The van der Waals surface area contributed by atoms with Crippen LogP contribution in [0.5, 0.6) is 0 Å². The summed E-state index contributed by atoms with van der Waals surface area (Å²) in [5.74, 6) is 1.14. The molecule has 0 saturated heterocycles. The smallest absolute Gasteiger partial charge is 0.198 e. The molecule has 3 nitrogen and oxygen atoms in total. The third kappa shape index (κ3) is 3.34. The van der Waals surface area contributed by atoms with Crippen molar-refractivity contribution < 1.29 is 9.32 Å². The lowest BCUT2D eigenvalue weighted by Gasteiger charge is -2.11. The zero-order chi connectivity index (χ0) is 18.1. The molecule has 0 N–H and O–H groups in total. The Balaban J connectivity index is 1.66. The van der Waals surface area contributed by atoms with Gasteiger partial charge in [0.2, 0.25) is 0 Å². The fourth-order valence-corrected chi connectivity index (χ4v) is 3.80. The van der Waals surface area contributed by atoms with Crippen molar-refractivity contribution in [1.29, 1.82) is 0 Å². The molecular weight excluding hydrogens is 342 g/mol. The maximum absolute atomic E-state index is 13.2. The van der Waals surface area contributed by atoms with Crippen molar-refractivity contribution in [3.05, 3.63) is 82.2 Å². The highest BCUT2D eigenvalue weighted by molar-refractivity contribution is 7.98. The molecule has 4 heteroatoms.